The van der Waals surface area contributed by atoms with Gasteiger partial charge >= 0.3 is 61.8 Å². The third-order valence-corrected chi connectivity index (χ3v) is 0.667. The molecule has 1 aromatic carbocycles. The minimum atomic E-state index is -4.67. The van der Waals surface area contributed by atoms with Gasteiger partial charge in [0.15, 0.2) is 0 Å². The quantitative estimate of drug-likeness (QED) is 0.356. The van der Waals surface area contributed by atoms with Gasteiger partial charge in [-0.3, -0.25) is 9.11 Å². The van der Waals surface area contributed by atoms with E-state index in [1.807, 2.05) is 36.4 Å². The SMILES string of the molecule is C=C[CH2-].O=S(=O)(O)O.[K+].c1ccccc1. The third kappa shape index (κ3) is 54.3. The fourth-order valence-electron chi connectivity index (χ4n) is 0.385. The van der Waals surface area contributed by atoms with Gasteiger partial charge in [-0.05, 0) is 0 Å². The number of allylic oxidation sites excluding steroid dienone is 1. The van der Waals surface area contributed by atoms with Crippen molar-refractivity contribution in [3.63, 3.8) is 0 Å². The van der Waals surface area contributed by atoms with Crippen LogP contribution in [-0.4, -0.2) is 17.5 Å². The van der Waals surface area contributed by atoms with Crippen LogP contribution in [0.3, 0.4) is 0 Å². The van der Waals surface area contributed by atoms with Gasteiger partial charge in [0, 0.05) is 0 Å². The second-order valence-corrected chi connectivity index (χ2v) is 2.79. The van der Waals surface area contributed by atoms with Gasteiger partial charge in [-0.1, -0.05) is 36.4 Å². The predicted octanol–water partition coefficient (Wildman–Crippen LogP) is -0.956. The van der Waals surface area contributed by atoms with E-state index in [9.17, 15) is 0 Å². The van der Waals surface area contributed by atoms with Gasteiger partial charge < -0.3 is 0 Å². The molecule has 0 saturated carbocycles. The Bertz CT molecular complexity index is 275. The monoisotopic (exact) mass is 256 g/mol. The Balaban J connectivity index is -0.000000148. The first kappa shape index (κ1) is 20.7. The van der Waals surface area contributed by atoms with Crippen molar-refractivity contribution in [2.24, 2.45) is 0 Å². The summed E-state index contributed by atoms with van der Waals surface area (Å²) < 4.78 is 31.6. The molecule has 0 saturated heterocycles. The van der Waals surface area contributed by atoms with Crippen LogP contribution in [0.4, 0.5) is 0 Å². The molecule has 15 heavy (non-hydrogen) atoms. The molecule has 1 rings (SSSR count). The summed E-state index contributed by atoms with van der Waals surface area (Å²) in [7, 11) is -4.67. The summed E-state index contributed by atoms with van der Waals surface area (Å²) in [5.74, 6) is 0. The number of hydrogen-bond acceptors (Lipinski definition) is 2. The zero-order chi connectivity index (χ0) is 11.4. The molecule has 0 aliphatic rings. The van der Waals surface area contributed by atoms with E-state index in [1.165, 1.54) is 6.08 Å². The molecule has 2 N–H and O–H groups in total. The van der Waals surface area contributed by atoms with Crippen molar-refractivity contribution in [1.29, 1.82) is 0 Å². The summed E-state index contributed by atoms with van der Waals surface area (Å²) in [6, 6.07) is 12.0. The van der Waals surface area contributed by atoms with Crippen LogP contribution in [0.5, 0.6) is 0 Å². The molecule has 4 nitrogen and oxygen atoms in total. The molecule has 0 radical (unpaired) electrons. The van der Waals surface area contributed by atoms with Gasteiger partial charge in [-0.2, -0.15) is 8.42 Å². The normalized spacial score (nSPS) is 7.87. The van der Waals surface area contributed by atoms with E-state index in [0.717, 1.165) is 0 Å². The first-order valence-corrected chi connectivity index (χ1v) is 4.91. The predicted molar refractivity (Wildman–Crippen MR) is 56.2 cm³/mol. The van der Waals surface area contributed by atoms with E-state index in [1.54, 1.807) is 0 Å². The Morgan fingerprint density at radius 3 is 1.13 bits per heavy atom. The molecule has 0 fully saturated rings. The van der Waals surface area contributed by atoms with Crippen molar-refractivity contribution in [2.75, 3.05) is 0 Å². The van der Waals surface area contributed by atoms with Crippen molar-refractivity contribution in [1.82, 2.24) is 0 Å². The fraction of sp³-hybridized carbons (Fsp3) is 0. The second-order valence-electron chi connectivity index (χ2n) is 1.89. The third-order valence-electron chi connectivity index (χ3n) is 0.667. The molecule has 0 aliphatic heterocycles. The maximum atomic E-state index is 8.74. The Hall–Kier alpha value is 0.336. The Morgan fingerprint density at radius 1 is 1.00 bits per heavy atom. The van der Waals surface area contributed by atoms with Crippen LogP contribution in [0.25, 0.3) is 0 Å². The Kier molecular flexibility index (Phi) is 19.8. The molecule has 0 aliphatic carbocycles. The van der Waals surface area contributed by atoms with Crippen LogP contribution in [-0.2, 0) is 10.4 Å². The molecule has 0 unspecified atom stereocenters. The minimum absolute atomic E-state index is 0. The van der Waals surface area contributed by atoms with Crippen LogP contribution in [0, 0.1) is 6.92 Å². The summed E-state index contributed by atoms with van der Waals surface area (Å²) in [4.78, 5) is 0. The van der Waals surface area contributed by atoms with Crippen LogP contribution < -0.4 is 51.4 Å². The standard InChI is InChI=1S/C6H6.C3H5.K.H2O4S/c1-2-4-6-5-3-1;1-3-2;;1-5(2,3)4/h1-6H;3H,1-2H2;;(H2,1,2,3,4)/q;-1;+1;. The van der Waals surface area contributed by atoms with E-state index < -0.39 is 10.4 Å². The van der Waals surface area contributed by atoms with E-state index in [4.69, 9.17) is 17.5 Å². The smallest absolute Gasteiger partial charge is 0.264 e. The van der Waals surface area contributed by atoms with E-state index in [0.29, 0.717) is 0 Å². The van der Waals surface area contributed by atoms with E-state index >= 15 is 0 Å². The number of benzene rings is 1. The van der Waals surface area contributed by atoms with Gasteiger partial charge in [0.2, 0.25) is 0 Å². The van der Waals surface area contributed by atoms with E-state index in [2.05, 4.69) is 13.5 Å². The molecule has 0 aromatic heterocycles. The largest absolute Gasteiger partial charge is 1.00 e. The first-order chi connectivity index (χ1) is 6.41. The summed E-state index contributed by atoms with van der Waals surface area (Å²) in [6.45, 7) is 6.50. The van der Waals surface area contributed by atoms with Crippen LogP contribution in [0.2, 0.25) is 0 Å². The Labute approximate surface area is 133 Å². The van der Waals surface area contributed by atoms with Gasteiger partial charge in [-0.15, -0.1) is 0 Å². The zero-order valence-corrected chi connectivity index (χ0v) is 12.5. The van der Waals surface area contributed by atoms with Crippen molar-refractivity contribution in [2.45, 2.75) is 0 Å². The summed E-state index contributed by atoms with van der Waals surface area (Å²) in [6.07, 6.45) is 1.50. The Morgan fingerprint density at radius 2 is 1.07 bits per heavy atom. The van der Waals surface area contributed by atoms with Crippen molar-refractivity contribution >= 4 is 10.4 Å². The van der Waals surface area contributed by atoms with Gasteiger partial charge in [0.05, 0.1) is 0 Å². The van der Waals surface area contributed by atoms with Gasteiger partial charge in [-0.25, -0.2) is 19.6 Å². The van der Waals surface area contributed by atoms with Gasteiger partial charge in [0.1, 0.15) is 0 Å². The molecule has 0 atom stereocenters. The molecular weight excluding hydrogens is 243 g/mol. The fourth-order valence-corrected chi connectivity index (χ4v) is 0.385. The molecular formula is C9H13KO4S. The van der Waals surface area contributed by atoms with E-state index in [-0.39, 0.29) is 51.4 Å². The topological polar surface area (TPSA) is 74.6 Å². The van der Waals surface area contributed by atoms with Crippen LogP contribution in [0.1, 0.15) is 0 Å². The summed E-state index contributed by atoms with van der Waals surface area (Å²) >= 11 is 0. The zero-order valence-electron chi connectivity index (χ0n) is 8.57. The molecule has 80 valence electrons. The second kappa shape index (κ2) is 14.3. The number of rotatable bonds is 0. The molecule has 6 heteroatoms. The summed E-state index contributed by atoms with van der Waals surface area (Å²) in [5, 5.41) is 0. The average Bonchev–Trinajstić information content (AvgIpc) is 2.06. The van der Waals surface area contributed by atoms with Gasteiger partial charge in [0.25, 0.3) is 0 Å². The maximum Gasteiger partial charge on any atom is 1.00 e. The number of hydrogen-bond donors (Lipinski definition) is 2. The van der Waals surface area contributed by atoms with Crippen LogP contribution >= 0.6 is 0 Å². The molecule has 0 bridgehead atoms. The van der Waals surface area contributed by atoms with Crippen molar-refractivity contribution < 1.29 is 68.9 Å². The van der Waals surface area contributed by atoms with Crippen molar-refractivity contribution in [3.8, 4) is 0 Å². The van der Waals surface area contributed by atoms with Crippen molar-refractivity contribution in [3.05, 3.63) is 56.0 Å². The maximum absolute atomic E-state index is 8.74. The average molecular weight is 256 g/mol. The summed E-state index contributed by atoms with van der Waals surface area (Å²) in [5.41, 5.74) is 0. The first-order valence-electron chi connectivity index (χ1n) is 3.51. The molecule has 0 amide bonds. The minimum Gasteiger partial charge on any atom is -0.264 e. The molecule has 0 heterocycles. The molecule has 0 spiro atoms. The molecule has 1 aromatic rings. The van der Waals surface area contributed by atoms with Crippen LogP contribution in [0.15, 0.2) is 49.1 Å².